The lowest BCUT2D eigenvalue weighted by molar-refractivity contribution is -0.130. The first-order valence-electron chi connectivity index (χ1n) is 10.5. The number of carbonyl (C=O) groups is 2. The van der Waals surface area contributed by atoms with E-state index in [1.165, 1.54) is 12.5 Å². The summed E-state index contributed by atoms with van der Waals surface area (Å²) in [6.45, 7) is 5.80. The molecule has 6 heteroatoms. The fourth-order valence-corrected chi connectivity index (χ4v) is 3.73. The zero-order chi connectivity index (χ0) is 21.5. The maximum Gasteiger partial charge on any atom is 0.227 e. The Kier molecular flexibility index (Phi) is 7.46. The first kappa shape index (κ1) is 21.8. The maximum absolute atomic E-state index is 12.8. The first-order valence-corrected chi connectivity index (χ1v) is 10.5. The number of rotatable bonds is 6. The molecule has 160 valence electrons. The number of nitrogens with one attached hydrogen (secondary N) is 1. The Morgan fingerprint density at radius 3 is 2.20 bits per heavy atom. The molecule has 1 fully saturated rings. The van der Waals surface area contributed by atoms with Gasteiger partial charge in [-0.3, -0.25) is 14.5 Å². The van der Waals surface area contributed by atoms with Crippen molar-refractivity contribution in [3.05, 3.63) is 59.7 Å². The molecular formula is C24H32N4O2. The van der Waals surface area contributed by atoms with Crippen molar-refractivity contribution < 1.29 is 9.59 Å². The predicted octanol–water partition coefficient (Wildman–Crippen LogP) is 2.99. The van der Waals surface area contributed by atoms with Crippen molar-refractivity contribution in [2.75, 3.05) is 50.5 Å². The van der Waals surface area contributed by atoms with Crippen LogP contribution in [0.3, 0.4) is 0 Å². The van der Waals surface area contributed by atoms with Gasteiger partial charge in [0, 0.05) is 65.1 Å². The monoisotopic (exact) mass is 408 g/mol. The minimum atomic E-state index is -0.0614. The van der Waals surface area contributed by atoms with Crippen LogP contribution in [0.1, 0.15) is 24.5 Å². The normalized spacial score (nSPS) is 14.8. The molecule has 1 aliphatic rings. The smallest absolute Gasteiger partial charge is 0.227 e. The molecule has 0 spiro atoms. The molecular weight excluding hydrogens is 376 g/mol. The number of benzene rings is 2. The van der Waals surface area contributed by atoms with Crippen LogP contribution in [0.25, 0.3) is 0 Å². The van der Waals surface area contributed by atoms with E-state index in [2.05, 4.69) is 39.4 Å². The number of nitrogens with zero attached hydrogens (tertiary/aromatic N) is 3. The topological polar surface area (TPSA) is 55.9 Å². The van der Waals surface area contributed by atoms with E-state index < -0.39 is 0 Å². The Balaban J connectivity index is 1.50. The van der Waals surface area contributed by atoms with Gasteiger partial charge in [0.1, 0.15) is 0 Å². The van der Waals surface area contributed by atoms with E-state index in [1.807, 2.05) is 43.3 Å². The molecule has 30 heavy (non-hydrogen) atoms. The molecule has 2 aromatic rings. The van der Waals surface area contributed by atoms with Crippen molar-refractivity contribution in [2.24, 2.45) is 0 Å². The van der Waals surface area contributed by atoms with Gasteiger partial charge >= 0.3 is 0 Å². The van der Waals surface area contributed by atoms with Gasteiger partial charge in [0.25, 0.3) is 0 Å². The SMILES string of the molecule is CC(=O)Nc1ccc(CN2CCCN(C(=O)Cc3ccc(N(C)C)cc3)CC2)cc1. The Morgan fingerprint density at radius 1 is 0.900 bits per heavy atom. The largest absolute Gasteiger partial charge is 0.378 e. The van der Waals surface area contributed by atoms with Crippen LogP contribution in [-0.2, 0) is 22.6 Å². The van der Waals surface area contributed by atoms with Gasteiger partial charge in [0.05, 0.1) is 6.42 Å². The van der Waals surface area contributed by atoms with E-state index in [1.54, 1.807) is 0 Å². The molecule has 0 aliphatic carbocycles. The summed E-state index contributed by atoms with van der Waals surface area (Å²) < 4.78 is 0. The predicted molar refractivity (Wildman–Crippen MR) is 122 cm³/mol. The maximum atomic E-state index is 12.8. The van der Waals surface area contributed by atoms with Gasteiger partial charge in [-0.05, 0) is 41.8 Å². The van der Waals surface area contributed by atoms with Crippen LogP contribution in [0, 0.1) is 0 Å². The number of amides is 2. The highest BCUT2D eigenvalue weighted by molar-refractivity contribution is 5.88. The van der Waals surface area contributed by atoms with Crippen molar-refractivity contribution in [3.63, 3.8) is 0 Å². The molecule has 0 bridgehead atoms. The Morgan fingerprint density at radius 2 is 1.57 bits per heavy atom. The summed E-state index contributed by atoms with van der Waals surface area (Å²) in [5.41, 5.74) is 4.23. The lowest BCUT2D eigenvalue weighted by atomic mass is 10.1. The molecule has 1 heterocycles. The Bertz CT molecular complexity index is 847. The average molecular weight is 409 g/mol. The standard InChI is InChI=1S/C24H32N4O2/c1-19(29)25-22-9-5-21(6-10-22)18-27-13-4-14-28(16-15-27)24(30)17-20-7-11-23(12-8-20)26(2)3/h5-12H,4,13-18H2,1-3H3,(H,25,29). The van der Waals surface area contributed by atoms with Crippen LogP contribution in [0.5, 0.6) is 0 Å². The van der Waals surface area contributed by atoms with Crippen molar-refractivity contribution in [3.8, 4) is 0 Å². The molecule has 0 atom stereocenters. The Hall–Kier alpha value is -2.86. The number of hydrogen-bond acceptors (Lipinski definition) is 4. The minimum absolute atomic E-state index is 0.0614. The molecule has 2 aromatic carbocycles. The highest BCUT2D eigenvalue weighted by Crippen LogP contribution is 2.15. The van der Waals surface area contributed by atoms with E-state index in [4.69, 9.17) is 0 Å². The van der Waals surface area contributed by atoms with E-state index in [9.17, 15) is 9.59 Å². The summed E-state index contributed by atoms with van der Waals surface area (Å²) in [7, 11) is 4.03. The summed E-state index contributed by atoms with van der Waals surface area (Å²) in [6.07, 6.45) is 1.44. The zero-order valence-electron chi connectivity index (χ0n) is 18.2. The number of anilines is 2. The van der Waals surface area contributed by atoms with Gasteiger partial charge < -0.3 is 15.1 Å². The molecule has 1 aliphatic heterocycles. The summed E-state index contributed by atoms with van der Waals surface area (Å²) in [5.74, 6) is 0.141. The van der Waals surface area contributed by atoms with Gasteiger partial charge in [-0.15, -0.1) is 0 Å². The lowest BCUT2D eigenvalue weighted by Gasteiger charge is -2.22. The van der Waals surface area contributed by atoms with Crippen molar-refractivity contribution >= 4 is 23.2 Å². The third-order valence-electron chi connectivity index (χ3n) is 5.43. The molecule has 0 saturated carbocycles. The summed E-state index contributed by atoms with van der Waals surface area (Å²) in [6, 6.07) is 16.2. The molecule has 1 N–H and O–H groups in total. The highest BCUT2D eigenvalue weighted by atomic mass is 16.2. The van der Waals surface area contributed by atoms with Crippen molar-refractivity contribution in [1.82, 2.24) is 9.80 Å². The van der Waals surface area contributed by atoms with Crippen LogP contribution in [-0.4, -0.2) is 61.9 Å². The van der Waals surface area contributed by atoms with E-state index >= 15 is 0 Å². The quantitative estimate of drug-likeness (QED) is 0.798. The molecule has 6 nitrogen and oxygen atoms in total. The second-order valence-corrected chi connectivity index (χ2v) is 8.13. The van der Waals surface area contributed by atoms with Gasteiger partial charge in [-0.1, -0.05) is 24.3 Å². The molecule has 0 aromatic heterocycles. The minimum Gasteiger partial charge on any atom is -0.378 e. The average Bonchev–Trinajstić information content (AvgIpc) is 2.95. The third kappa shape index (κ3) is 6.32. The van der Waals surface area contributed by atoms with Crippen LogP contribution >= 0.6 is 0 Å². The number of carbonyl (C=O) groups excluding carboxylic acids is 2. The fourth-order valence-electron chi connectivity index (χ4n) is 3.73. The Labute approximate surface area is 179 Å². The summed E-state index contributed by atoms with van der Waals surface area (Å²) in [4.78, 5) is 30.4. The van der Waals surface area contributed by atoms with E-state index in [0.717, 1.165) is 56.1 Å². The lowest BCUT2D eigenvalue weighted by Crippen LogP contribution is -2.36. The van der Waals surface area contributed by atoms with Gasteiger partial charge in [0.2, 0.25) is 11.8 Å². The van der Waals surface area contributed by atoms with E-state index in [-0.39, 0.29) is 11.8 Å². The molecule has 1 saturated heterocycles. The van der Waals surface area contributed by atoms with Crippen molar-refractivity contribution in [1.29, 1.82) is 0 Å². The second-order valence-electron chi connectivity index (χ2n) is 8.13. The van der Waals surface area contributed by atoms with Gasteiger partial charge in [0.15, 0.2) is 0 Å². The number of hydrogen-bond donors (Lipinski definition) is 1. The molecule has 2 amide bonds. The zero-order valence-corrected chi connectivity index (χ0v) is 18.2. The van der Waals surface area contributed by atoms with Crippen LogP contribution in [0.4, 0.5) is 11.4 Å². The van der Waals surface area contributed by atoms with Crippen LogP contribution < -0.4 is 10.2 Å². The molecule has 0 radical (unpaired) electrons. The highest BCUT2D eigenvalue weighted by Gasteiger charge is 2.19. The second kappa shape index (κ2) is 10.3. The molecule has 3 rings (SSSR count). The van der Waals surface area contributed by atoms with Crippen LogP contribution in [0.2, 0.25) is 0 Å². The van der Waals surface area contributed by atoms with E-state index in [0.29, 0.717) is 6.42 Å². The molecule has 0 unspecified atom stereocenters. The summed E-state index contributed by atoms with van der Waals surface area (Å²) in [5, 5.41) is 2.79. The first-order chi connectivity index (χ1) is 14.4. The van der Waals surface area contributed by atoms with Crippen molar-refractivity contribution in [2.45, 2.75) is 26.3 Å². The third-order valence-corrected chi connectivity index (χ3v) is 5.43. The summed E-state index contributed by atoms with van der Waals surface area (Å²) >= 11 is 0. The van der Waals surface area contributed by atoms with Gasteiger partial charge in [-0.2, -0.15) is 0 Å². The van der Waals surface area contributed by atoms with Crippen LogP contribution in [0.15, 0.2) is 48.5 Å². The fraction of sp³-hybridized carbons (Fsp3) is 0.417. The van der Waals surface area contributed by atoms with Gasteiger partial charge in [-0.25, -0.2) is 0 Å².